The smallest absolute Gasteiger partial charge is 0.261 e. The second-order valence-corrected chi connectivity index (χ2v) is 8.65. The van der Waals surface area contributed by atoms with Crippen molar-refractivity contribution in [3.05, 3.63) is 65.5 Å². The van der Waals surface area contributed by atoms with E-state index in [1.54, 1.807) is 19.1 Å². The number of halogens is 1. The summed E-state index contributed by atoms with van der Waals surface area (Å²) in [5, 5.41) is 2.83. The van der Waals surface area contributed by atoms with Crippen molar-refractivity contribution in [3.8, 4) is 5.75 Å². The molecule has 2 aromatic carbocycles. The maximum Gasteiger partial charge on any atom is 0.261 e. The summed E-state index contributed by atoms with van der Waals surface area (Å²) in [6.07, 6.45) is 0.803. The van der Waals surface area contributed by atoms with Gasteiger partial charge in [0.25, 0.3) is 5.91 Å². The summed E-state index contributed by atoms with van der Waals surface area (Å²) >= 11 is 0. The number of para-hydroxylation sites is 1. The molecule has 0 aliphatic rings. The Kier molecular flexibility index (Phi) is 8.60. The molecule has 31 heavy (non-hydrogen) atoms. The zero-order chi connectivity index (χ0) is 23.0. The number of hydrogen-bond acceptors (Lipinski definition) is 3. The van der Waals surface area contributed by atoms with E-state index in [1.165, 1.54) is 17.0 Å². The van der Waals surface area contributed by atoms with Crippen LogP contribution in [0.1, 0.15) is 52.2 Å². The largest absolute Gasteiger partial charge is 0.483 e. The number of ether oxygens (including phenoxy) is 1. The van der Waals surface area contributed by atoms with E-state index in [-0.39, 0.29) is 36.2 Å². The maximum absolute atomic E-state index is 13.3. The molecule has 0 saturated heterocycles. The molecule has 2 rings (SSSR count). The topological polar surface area (TPSA) is 58.6 Å². The van der Waals surface area contributed by atoms with Gasteiger partial charge < -0.3 is 15.0 Å². The fourth-order valence-corrected chi connectivity index (χ4v) is 3.20. The molecule has 2 aromatic rings. The van der Waals surface area contributed by atoms with Crippen LogP contribution in [-0.4, -0.2) is 35.9 Å². The minimum absolute atomic E-state index is 0.138. The molecule has 0 spiro atoms. The van der Waals surface area contributed by atoms with Crippen LogP contribution in [0.15, 0.2) is 48.5 Å². The van der Waals surface area contributed by atoms with E-state index in [1.807, 2.05) is 31.2 Å². The molecule has 0 unspecified atom stereocenters. The molecule has 0 saturated carbocycles. The molecule has 0 fully saturated rings. The van der Waals surface area contributed by atoms with Crippen molar-refractivity contribution in [3.63, 3.8) is 0 Å². The molecular formula is C25H33FN2O3. The van der Waals surface area contributed by atoms with Gasteiger partial charge in [-0.3, -0.25) is 9.59 Å². The van der Waals surface area contributed by atoms with E-state index in [9.17, 15) is 14.0 Å². The average Bonchev–Trinajstić information content (AvgIpc) is 2.74. The van der Waals surface area contributed by atoms with Crippen LogP contribution in [0.4, 0.5) is 4.39 Å². The van der Waals surface area contributed by atoms with Gasteiger partial charge in [0.15, 0.2) is 6.61 Å². The number of hydrogen-bond donors (Lipinski definition) is 1. The molecule has 5 nitrogen and oxygen atoms in total. The third kappa shape index (κ3) is 7.09. The molecule has 168 valence electrons. The van der Waals surface area contributed by atoms with Gasteiger partial charge in [-0.05, 0) is 48.1 Å². The van der Waals surface area contributed by atoms with Crippen molar-refractivity contribution in [2.75, 3.05) is 13.2 Å². The highest BCUT2D eigenvalue weighted by molar-refractivity contribution is 5.88. The standard InChI is InChI=1S/C25H33FN2O3/c1-6-15-27-24(30)18(2)28(16-19-11-13-20(26)14-12-19)23(29)17-31-22-10-8-7-9-21(22)25(3,4)5/h7-14,18H,6,15-17H2,1-5H3,(H,27,30)/t18-/m1/s1. The van der Waals surface area contributed by atoms with Crippen LogP contribution in [0.3, 0.4) is 0 Å². The first kappa shape index (κ1) is 24.4. The fourth-order valence-electron chi connectivity index (χ4n) is 3.20. The molecule has 0 bridgehead atoms. The normalized spacial score (nSPS) is 12.2. The van der Waals surface area contributed by atoms with Gasteiger partial charge in [-0.1, -0.05) is 58.0 Å². The van der Waals surface area contributed by atoms with E-state index < -0.39 is 6.04 Å². The Balaban J connectivity index is 2.19. The lowest BCUT2D eigenvalue weighted by atomic mass is 9.86. The summed E-state index contributed by atoms with van der Waals surface area (Å²) in [6, 6.07) is 12.9. The predicted octanol–water partition coefficient (Wildman–Crippen LogP) is 4.45. The van der Waals surface area contributed by atoms with Gasteiger partial charge in [-0.2, -0.15) is 0 Å². The summed E-state index contributed by atoms with van der Waals surface area (Å²) in [7, 11) is 0. The Morgan fingerprint density at radius 3 is 2.35 bits per heavy atom. The zero-order valence-electron chi connectivity index (χ0n) is 19.1. The molecule has 2 amide bonds. The number of nitrogens with zero attached hydrogens (tertiary/aromatic N) is 1. The third-order valence-electron chi connectivity index (χ3n) is 5.03. The molecule has 0 heterocycles. The van der Waals surface area contributed by atoms with E-state index in [0.717, 1.165) is 17.5 Å². The zero-order valence-corrected chi connectivity index (χ0v) is 19.1. The molecular weight excluding hydrogens is 395 g/mol. The SMILES string of the molecule is CCCNC(=O)[C@@H](C)N(Cc1ccc(F)cc1)C(=O)COc1ccccc1C(C)(C)C. The van der Waals surface area contributed by atoms with Gasteiger partial charge in [0, 0.05) is 13.1 Å². The number of carbonyl (C=O) groups is 2. The van der Waals surface area contributed by atoms with Crippen LogP contribution in [-0.2, 0) is 21.5 Å². The summed E-state index contributed by atoms with van der Waals surface area (Å²) < 4.78 is 19.2. The summed E-state index contributed by atoms with van der Waals surface area (Å²) in [5.41, 5.74) is 1.60. The molecule has 1 atom stereocenters. The average molecular weight is 429 g/mol. The Morgan fingerprint density at radius 2 is 1.74 bits per heavy atom. The first-order valence-corrected chi connectivity index (χ1v) is 10.7. The van der Waals surface area contributed by atoms with Gasteiger partial charge >= 0.3 is 0 Å². The van der Waals surface area contributed by atoms with Crippen molar-refractivity contribution in [1.82, 2.24) is 10.2 Å². The lowest BCUT2D eigenvalue weighted by Crippen LogP contribution is -2.49. The highest BCUT2D eigenvalue weighted by Crippen LogP contribution is 2.31. The van der Waals surface area contributed by atoms with Gasteiger partial charge in [-0.25, -0.2) is 4.39 Å². The van der Waals surface area contributed by atoms with E-state index in [4.69, 9.17) is 4.74 Å². The van der Waals surface area contributed by atoms with Crippen LogP contribution < -0.4 is 10.1 Å². The lowest BCUT2D eigenvalue weighted by Gasteiger charge is -2.29. The molecule has 0 aliphatic heterocycles. The second-order valence-electron chi connectivity index (χ2n) is 8.65. The minimum atomic E-state index is -0.689. The quantitative estimate of drug-likeness (QED) is 0.642. The Hall–Kier alpha value is -2.89. The lowest BCUT2D eigenvalue weighted by molar-refractivity contribution is -0.142. The first-order valence-electron chi connectivity index (χ1n) is 10.7. The summed E-state index contributed by atoms with van der Waals surface area (Å²) in [6.45, 7) is 10.4. The predicted molar refractivity (Wildman–Crippen MR) is 120 cm³/mol. The summed E-state index contributed by atoms with van der Waals surface area (Å²) in [5.74, 6) is -0.245. The monoisotopic (exact) mass is 428 g/mol. The summed E-state index contributed by atoms with van der Waals surface area (Å²) in [4.78, 5) is 27.1. The van der Waals surface area contributed by atoms with Crippen LogP contribution in [0.2, 0.25) is 0 Å². The van der Waals surface area contributed by atoms with Crippen LogP contribution in [0.25, 0.3) is 0 Å². The molecule has 0 aliphatic carbocycles. The van der Waals surface area contributed by atoms with E-state index in [2.05, 4.69) is 26.1 Å². The van der Waals surface area contributed by atoms with Crippen molar-refractivity contribution >= 4 is 11.8 Å². The molecule has 1 N–H and O–H groups in total. The fraction of sp³-hybridized carbons (Fsp3) is 0.440. The Morgan fingerprint density at radius 1 is 1.10 bits per heavy atom. The minimum Gasteiger partial charge on any atom is -0.483 e. The van der Waals surface area contributed by atoms with Crippen LogP contribution in [0, 0.1) is 5.82 Å². The number of nitrogens with one attached hydrogen (secondary N) is 1. The first-order chi connectivity index (χ1) is 14.6. The Bertz CT molecular complexity index is 875. The van der Waals surface area contributed by atoms with Gasteiger partial charge in [0.2, 0.25) is 5.91 Å². The number of amides is 2. The van der Waals surface area contributed by atoms with Crippen LogP contribution in [0.5, 0.6) is 5.75 Å². The Labute approximate surface area is 184 Å². The maximum atomic E-state index is 13.3. The van der Waals surface area contributed by atoms with Gasteiger partial charge in [0.05, 0.1) is 0 Å². The van der Waals surface area contributed by atoms with E-state index in [0.29, 0.717) is 12.3 Å². The third-order valence-corrected chi connectivity index (χ3v) is 5.03. The van der Waals surface area contributed by atoms with Crippen molar-refractivity contribution in [1.29, 1.82) is 0 Å². The van der Waals surface area contributed by atoms with E-state index >= 15 is 0 Å². The molecule has 0 aromatic heterocycles. The molecule has 0 radical (unpaired) electrons. The van der Waals surface area contributed by atoms with Gasteiger partial charge in [-0.15, -0.1) is 0 Å². The highest BCUT2D eigenvalue weighted by Gasteiger charge is 2.27. The second kappa shape index (κ2) is 10.9. The number of benzene rings is 2. The molecule has 6 heteroatoms. The number of carbonyl (C=O) groups excluding carboxylic acids is 2. The van der Waals surface area contributed by atoms with Gasteiger partial charge in [0.1, 0.15) is 17.6 Å². The van der Waals surface area contributed by atoms with Crippen LogP contribution >= 0.6 is 0 Å². The van der Waals surface area contributed by atoms with Crippen molar-refractivity contribution in [2.24, 2.45) is 0 Å². The number of rotatable bonds is 9. The highest BCUT2D eigenvalue weighted by atomic mass is 19.1. The van der Waals surface area contributed by atoms with Crippen molar-refractivity contribution in [2.45, 2.75) is 59.0 Å². The van der Waals surface area contributed by atoms with Crippen molar-refractivity contribution < 1.29 is 18.7 Å².